The van der Waals surface area contributed by atoms with Gasteiger partial charge in [0.2, 0.25) is 5.71 Å². The highest BCUT2D eigenvalue weighted by Gasteiger charge is 2.28. The van der Waals surface area contributed by atoms with E-state index in [4.69, 9.17) is 14.4 Å². The summed E-state index contributed by atoms with van der Waals surface area (Å²) in [7, 11) is 4.25. The molecule has 4 aromatic heterocycles. The van der Waals surface area contributed by atoms with Crippen LogP contribution in [-0.4, -0.2) is 14.5 Å². The summed E-state index contributed by atoms with van der Waals surface area (Å²) in [6, 6.07) is 21.5. The molecule has 5 heteroatoms. The summed E-state index contributed by atoms with van der Waals surface area (Å²) in [5.74, 6) is 1.11. The van der Waals surface area contributed by atoms with Crippen molar-refractivity contribution in [1.29, 1.82) is 0 Å². The van der Waals surface area contributed by atoms with E-state index in [1.165, 1.54) is 16.6 Å². The Bertz CT molecular complexity index is 1840. The van der Waals surface area contributed by atoms with Crippen molar-refractivity contribution < 1.29 is 8.98 Å². The van der Waals surface area contributed by atoms with Crippen LogP contribution in [-0.2, 0) is 24.9 Å². The molecular formula is C34H37N4O+. The minimum Gasteiger partial charge on any atom is -0.437 e. The average molecular weight is 518 g/mol. The van der Waals surface area contributed by atoms with Gasteiger partial charge in [-0.2, -0.15) is 0 Å². The van der Waals surface area contributed by atoms with Crippen LogP contribution in [0.25, 0.3) is 55.7 Å². The summed E-state index contributed by atoms with van der Waals surface area (Å²) in [5, 5.41) is 2.10. The molecule has 0 aliphatic rings. The number of para-hydroxylation sites is 2. The third-order valence-electron chi connectivity index (χ3n) is 7.84. The molecule has 0 aliphatic carbocycles. The number of nitrogens with zero attached hydrogens (tertiary/aromatic N) is 4. The second-order valence-electron chi connectivity index (χ2n) is 12.8. The van der Waals surface area contributed by atoms with E-state index in [0.717, 1.165) is 50.4 Å². The number of fused-ring (bicyclic) bond motifs is 4. The zero-order chi connectivity index (χ0) is 27.9. The molecule has 198 valence electrons. The SMILES string of the molecule is Cc1ccc2c(oc3nc(-c4cc(C(C)(C)C)nc(C(C)(C)C)c4)ccc32)c1-c1n(C)c2ccccc2[n+]1C. The van der Waals surface area contributed by atoms with Crippen LogP contribution < -0.4 is 4.57 Å². The Morgan fingerprint density at radius 1 is 0.795 bits per heavy atom. The van der Waals surface area contributed by atoms with Gasteiger partial charge in [0, 0.05) is 38.6 Å². The van der Waals surface area contributed by atoms with Gasteiger partial charge in [-0.15, -0.1) is 0 Å². The summed E-state index contributed by atoms with van der Waals surface area (Å²) >= 11 is 0. The van der Waals surface area contributed by atoms with Gasteiger partial charge in [0.15, 0.2) is 16.6 Å². The van der Waals surface area contributed by atoms with Gasteiger partial charge in [0.25, 0.3) is 5.82 Å². The fourth-order valence-electron chi connectivity index (χ4n) is 5.52. The molecule has 0 spiro atoms. The number of rotatable bonds is 2. The van der Waals surface area contributed by atoms with Crippen LogP contribution in [0.4, 0.5) is 0 Å². The molecule has 5 nitrogen and oxygen atoms in total. The fraction of sp³-hybridized carbons (Fsp3) is 0.324. The number of furan rings is 1. The Balaban J connectivity index is 1.59. The molecule has 2 aromatic carbocycles. The Hall–Kier alpha value is -3.99. The van der Waals surface area contributed by atoms with Crippen molar-refractivity contribution in [2.75, 3.05) is 0 Å². The van der Waals surface area contributed by atoms with E-state index in [1.54, 1.807) is 0 Å². The number of imidazole rings is 1. The van der Waals surface area contributed by atoms with Gasteiger partial charge in [0.1, 0.15) is 5.56 Å². The zero-order valence-electron chi connectivity index (χ0n) is 24.5. The second-order valence-corrected chi connectivity index (χ2v) is 12.8. The normalized spacial score (nSPS) is 12.7. The second kappa shape index (κ2) is 8.51. The molecule has 0 fully saturated rings. The van der Waals surface area contributed by atoms with Crippen LogP contribution in [0.3, 0.4) is 0 Å². The maximum atomic E-state index is 6.63. The molecule has 4 heterocycles. The molecule has 0 atom stereocenters. The predicted molar refractivity (Wildman–Crippen MR) is 160 cm³/mol. The first-order valence-corrected chi connectivity index (χ1v) is 13.6. The summed E-state index contributed by atoms with van der Waals surface area (Å²) in [5.41, 5.74) is 10.1. The van der Waals surface area contributed by atoms with Gasteiger partial charge in [-0.25, -0.2) is 14.1 Å². The van der Waals surface area contributed by atoms with Gasteiger partial charge in [-0.3, -0.25) is 4.98 Å². The maximum Gasteiger partial charge on any atom is 0.293 e. The maximum absolute atomic E-state index is 6.63. The van der Waals surface area contributed by atoms with E-state index in [0.29, 0.717) is 5.71 Å². The summed E-state index contributed by atoms with van der Waals surface area (Å²) in [4.78, 5) is 10.1. The molecule has 0 radical (unpaired) electrons. The molecule has 0 bridgehead atoms. The monoisotopic (exact) mass is 517 g/mol. The summed E-state index contributed by atoms with van der Waals surface area (Å²) < 4.78 is 11.1. The average Bonchev–Trinajstić information content (AvgIpc) is 3.37. The van der Waals surface area contributed by atoms with Crippen molar-refractivity contribution in [3.05, 3.63) is 77.6 Å². The molecule has 0 saturated heterocycles. The van der Waals surface area contributed by atoms with Crippen molar-refractivity contribution in [2.45, 2.75) is 59.3 Å². The van der Waals surface area contributed by atoms with Crippen LogP contribution >= 0.6 is 0 Å². The van der Waals surface area contributed by atoms with Crippen molar-refractivity contribution in [2.24, 2.45) is 14.1 Å². The quantitative estimate of drug-likeness (QED) is 0.219. The number of hydrogen-bond donors (Lipinski definition) is 0. The van der Waals surface area contributed by atoms with Crippen LogP contribution in [0.1, 0.15) is 58.5 Å². The first-order valence-electron chi connectivity index (χ1n) is 13.6. The molecule has 0 aliphatic heterocycles. The van der Waals surface area contributed by atoms with E-state index in [2.05, 4.69) is 132 Å². The number of pyridine rings is 2. The summed E-state index contributed by atoms with van der Waals surface area (Å²) in [6.45, 7) is 15.4. The minimum atomic E-state index is -0.0694. The highest BCUT2D eigenvalue weighted by molar-refractivity contribution is 6.09. The number of aryl methyl sites for hydroxylation is 3. The van der Waals surface area contributed by atoms with Crippen LogP contribution in [0.2, 0.25) is 0 Å². The van der Waals surface area contributed by atoms with E-state index >= 15 is 0 Å². The van der Waals surface area contributed by atoms with Crippen LogP contribution in [0.15, 0.2) is 65.1 Å². The lowest BCUT2D eigenvalue weighted by molar-refractivity contribution is -0.634. The number of hydrogen-bond acceptors (Lipinski definition) is 3. The van der Waals surface area contributed by atoms with Gasteiger partial charge in [-0.05, 0) is 48.9 Å². The van der Waals surface area contributed by atoms with Crippen molar-refractivity contribution in [3.63, 3.8) is 0 Å². The molecule has 6 aromatic rings. The third kappa shape index (κ3) is 4.03. The van der Waals surface area contributed by atoms with Crippen LogP contribution in [0.5, 0.6) is 0 Å². The molecule has 0 amide bonds. The molecule has 0 saturated carbocycles. The summed E-state index contributed by atoms with van der Waals surface area (Å²) in [6.07, 6.45) is 0. The van der Waals surface area contributed by atoms with Gasteiger partial charge < -0.3 is 4.42 Å². The Morgan fingerprint density at radius 3 is 2.08 bits per heavy atom. The standard InChI is InChI=1S/C34H37N4O/c1-20-14-15-22-23-16-17-24(21-18-27(33(2,3)4)36-28(19-21)34(5,6)7)35-31(23)39-30(22)29(20)32-37(8)25-12-10-11-13-26(25)38(32)9/h10-19H,1-9H3/q+1. The van der Waals surface area contributed by atoms with Gasteiger partial charge >= 0.3 is 0 Å². The van der Waals surface area contributed by atoms with Gasteiger partial charge in [0.05, 0.1) is 19.8 Å². The molecular weight excluding hydrogens is 480 g/mol. The van der Waals surface area contributed by atoms with Gasteiger partial charge in [-0.1, -0.05) is 65.8 Å². The largest absolute Gasteiger partial charge is 0.437 e. The third-order valence-corrected chi connectivity index (χ3v) is 7.84. The molecule has 0 unspecified atom stereocenters. The number of benzene rings is 2. The topological polar surface area (TPSA) is 47.7 Å². The lowest BCUT2D eigenvalue weighted by Crippen LogP contribution is -2.30. The first kappa shape index (κ1) is 25.3. The van der Waals surface area contributed by atoms with Crippen molar-refractivity contribution in [1.82, 2.24) is 14.5 Å². The Morgan fingerprint density at radius 2 is 1.44 bits per heavy atom. The van der Waals surface area contributed by atoms with Crippen molar-refractivity contribution >= 4 is 33.1 Å². The van der Waals surface area contributed by atoms with Crippen LogP contribution in [0, 0.1) is 6.92 Å². The minimum absolute atomic E-state index is 0.0694. The highest BCUT2D eigenvalue weighted by Crippen LogP contribution is 2.38. The Labute approximate surface area is 230 Å². The van der Waals surface area contributed by atoms with E-state index in [1.807, 2.05) is 0 Å². The number of aromatic nitrogens is 4. The highest BCUT2D eigenvalue weighted by atomic mass is 16.3. The fourth-order valence-corrected chi connectivity index (χ4v) is 5.52. The van der Waals surface area contributed by atoms with E-state index < -0.39 is 0 Å². The lowest BCUT2D eigenvalue weighted by atomic mass is 9.86. The van der Waals surface area contributed by atoms with Crippen molar-refractivity contribution in [3.8, 4) is 22.6 Å². The molecule has 39 heavy (non-hydrogen) atoms. The zero-order valence-corrected chi connectivity index (χ0v) is 24.5. The Kier molecular flexibility index (Phi) is 5.52. The van der Waals surface area contributed by atoms with E-state index in [9.17, 15) is 0 Å². The molecule has 6 rings (SSSR count). The van der Waals surface area contributed by atoms with E-state index in [-0.39, 0.29) is 10.8 Å². The predicted octanol–water partition coefficient (Wildman–Crippen LogP) is 7.93. The first-order chi connectivity index (χ1) is 18.3. The lowest BCUT2D eigenvalue weighted by Gasteiger charge is -2.24. The smallest absolute Gasteiger partial charge is 0.293 e. The molecule has 0 N–H and O–H groups in total.